The van der Waals surface area contributed by atoms with Crippen molar-refractivity contribution in [3.8, 4) is 22.3 Å². The lowest BCUT2D eigenvalue weighted by atomic mass is 9.87. The first-order valence-electron chi connectivity index (χ1n) is 19.6. The number of anilines is 6. The van der Waals surface area contributed by atoms with Gasteiger partial charge >= 0.3 is 0 Å². The topological polar surface area (TPSA) is 58.0 Å². The summed E-state index contributed by atoms with van der Waals surface area (Å²) in [6.45, 7) is 8.04. The number of aryl methyl sites for hydroxylation is 4. The first-order chi connectivity index (χ1) is 28.4. The molecule has 6 aromatic carbocycles. The van der Waals surface area contributed by atoms with E-state index >= 15 is 0 Å². The lowest BCUT2D eigenvalue weighted by Gasteiger charge is -2.25. The van der Waals surface area contributed by atoms with Crippen molar-refractivity contribution >= 4 is 66.4 Å². The van der Waals surface area contributed by atoms with Crippen LogP contribution in [0.5, 0.6) is 0 Å². The Bertz CT molecular complexity index is 2750. The third-order valence-corrected chi connectivity index (χ3v) is 11.2. The van der Waals surface area contributed by atoms with Gasteiger partial charge in [-0.25, -0.2) is 0 Å². The average molecular weight is 749 g/mol. The van der Waals surface area contributed by atoms with E-state index in [1.54, 1.807) is 0 Å². The van der Waals surface area contributed by atoms with Gasteiger partial charge in [-0.15, -0.1) is 0 Å². The standard InChI is InChI=1S/C52H40N6/c1-33-5-17-43(29-53-33)57(44-18-6-34(2)54-30-44)41-21-9-37(10-22-41)47-25-13-39-16-28-50-48(26-14-40-15-27-49(47)51(39)52(40)50)38-11-23-42(24-12-38)58(45-19-7-35(3)55-31-45)46-20-8-36(4)56-32-46/h5-32H,1-4H3. The van der Waals surface area contributed by atoms with Crippen LogP contribution in [-0.2, 0) is 0 Å². The van der Waals surface area contributed by atoms with E-state index in [1.807, 2.05) is 76.7 Å². The summed E-state index contributed by atoms with van der Waals surface area (Å²) in [6, 6.07) is 52.5. The summed E-state index contributed by atoms with van der Waals surface area (Å²) < 4.78 is 0. The van der Waals surface area contributed by atoms with Gasteiger partial charge in [0.1, 0.15) is 0 Å². The van der Waals surface area contributed by atoms with Crippen LogP contribution in [0.1, 0.15) is 22.8 Å². The molecule has 10 aromatic rings. The Kier molecular flexibility index (Phi) is 8.60. The Labute approximate surface area is 338 Å². The molecule has 278 valence electrons. The van der Waals surface area contributed by atoms with Crippen molar-refractivity contribution < 1.29 is 0 Å². The molecule has 10 rings (SSSR count). The fourth-order valence-corrected chi connectivity index (χ4v) is 8.15. The van der Waals surface area contributed by atoms with E-state index in [1.165, 1.54) is 54.6 Å². The number of hydrogen-bond acceptors (Lipinski definition) is 6. The fraction of sp³-hybridized carbons (Fsp3) is 0.0769. The van der Waals surface area contributed by atoms with Crippen molar-refractivity contribution in [3.63, 3.8) is 0 Å². The molecule has 0 aliphatic carbocycles. The Morgan fingerprint density at radius 2 is 0.586 bits per heavy atom. The van der Waals surface area contributed by atoms with Crippen LogP contribution in [0, 0.1) is 27.7 Å². The van der Waals surface area contributed by atoms with Crippen molar-refractivity contribution in [1.82, 2.24) is 19.9 Å². The number of nitrogens with zero attached hydrogens (tertiary/aromatic N) is 6. The second-order valence-electron chi connectivity index (χ2n) is 15.0. The Hall–Kier alpha value is -7.44. The average Bonchev–Trinajstić information content (AvgIpc) is 3.26. The Balaban J connectivity index is 1.04. The van der Waals surface area contributed by atoms with Gasteiger partial charge in [-0.2, -0.15) is 0 Å². The molecule has 0 aliphatic rings. The second kappa shape index (κ2) is 14.3. The highest BCUT2D eigenvalue weighted by Crippen LogP contribution is 2.44. The molecule has 6 heteroatoms. The first-order valence-corrected chi connectivity index (χ1v) is 19.6. The summed E-state index contributed by atoms with van der Waals surface area (Å²) in [4.78, 5) is 22.8. The van der Waals surface area contributed by atoms with Crippen molar-refractivity contribution in [2.75, 3.05) is 9.80 Å². The highest BCUT2D eigenvalue weighted by Gasteiger charge is 2.18. The maximum atomic E-state index is 4.60. The fourth-order valence-electron chi connectivity index (χ4n) is 8.15. The number of pyridine rings is 4. The SMILES string of the molecule is Cc1ccc(N(c2ccc(-c3ccc4ccc5c(-c6ccc(N(c7ccc(C)nc7)c7ccc(C)nc7)cc6)ccc6ccc3c4c65)cc2)c2ccc(C)nc2)cn1. The van der Waals surface area contributed by atoms with E-state index in [0.29, 0.717) is 0 Å². The van der Waals surface area contributed by atoms with Gasteiger partial charge in [0.25, 0.3) is 0 Å². The van der Waals surface area contributed by atoms with Crippen molar-refractivity contribution in [1.29, 1.82) is 0 Å². The van der Waals surface area contributed by atoms with Crippen molar-refractivity contribution in [2.45, 2.75) is 27.7 Å². The zero-order valence-corrected chi connectivity index (χ0v) is 32.8. The molecule has 0 N–H and O–H groups in total. The number of benzene rings is 6. The Morgan fingerprint density at radius 1 is 0.293 bits per heavy atom. The van der Waals surface area contributed by atoms with Crippen molar-refractivity contribution in [2.24, 2.45) is 0 Å². The number of hydrogen-bond donors (Lipinski definition) is 0. The lowest BCUT2D eigenvalue weighted by Crippen LogP contribution is -2.10. The summed E-state index contributed by atoms with van der Waals surface area (Å²) in [5, 5.41) is 7.54. The summed E-state index contributed by atoms with van der Waals surface area (Å²) >= 11 is 0. The van der Waals surface area contributed by atoms with E-state index in [9.17, 15) is 0 Å². The minimum atomic E-state index is 0.982. The van der Waals surface area contributed by atoms with Crippen LogP contribution >= 0.6 is 0 Å². The van der Waals surface area contributed by atoms with E-state index < -0.39 is 0 Å². The quantitative estimate of drug-likeness (QED) is 0.144. The predicted octanol–water partition coefficient (Wildman–Crippen LogP) is 13.7. The number of rotatable bonds is 8. The van der Waals surface area contributed by atoms with Gasteiger partial charge in [0, 0.05) is 34.2 Å². The molecule has 0 spiro atoms. The molecular formula is C52H40N6. The van der Waals surface area contributed by atoms with Gasteiger partial charge in [-0.1, -0.05) is 72.8 Å². The molecule has 0 amide bonds. The molecule has 0 radical (unpaired) electrons. The van der Waals surface area contributed by atoms with Crippen molar-refractivity contribution in [3.05, 3.63) is 193 Å². The van der Waals surface area contributed by atoms with Gasteiger partial charge in [0.05, 0.1) is 47.5 Å². The molecule has 4 heterocycles. The molecule has 0 fully saturated rings. The molecule has 0 bridgehead atoms. The van der Waals surface area contributed by atoms with Crippen LogP contribution in [0.3, 0.4) is 0 Å². The smallest absolute Gasteiger partial charge is 0.0645 e. The van der Waals surface area contributed by atoms with Gasteiger partial charge < -0.3 is 9.80 Å². The normalized spacial score (nSPS) is 11.4. The molecule has 6 nitrogen and oxygen atoms in total. The molecule has 0 unspecified atom stereocenters. The summed E-state index contributed by atoms with van der Waals surface area (Å²) in [6.07, 6.45) is 7.70. The maximum absolute atomic E-state index is 4.60. The van der Waals surface area contributed by atoms with E-state index in [-0.39, 0.29) is 0 Å². The minimum Gasteiger partial charge on any atom is -0.307 e. The summed E-state index contributed by atoms with van der Waals surface area (Å²) in [7, 11) is 0. The zero-order chi connectivity index (χ0) is 39.3. The second-order valence-corrected chi connectivity index (χ2v) is 15.0. The van der Waals surface area contributed by atoms with Gasteiger partial charge in [-0.05, 0) is 155 Å². The van der Waals surface area contributed by atoms with Crippen LogP contribution in [0.25, 0.3) is 54.6 Å². The summed E-state index contributed by atoms with van der Waals surface area (Å²) in [5.41, 5.74) is 14.7. The van der Waals surface area contributed by atoms with Gasteiger partial charge in [0.2, 0.25) is 0 Å². The van der Waals surface area contributed by atoms with Crippen LogP contribution in [0.4, 0.5) is 34.1 Å². The third-order valence-electron chi connectivity index (χ3n) is 11.2. The molecule has 0 saturated carbocycles. The van der Waals surface area contributed by atoms with Crippen LogP contribution in [0.2, 0.25) is 0 Å². The van der Waals surface area contributed by atoms with E-state index in [0.717, 1.165) is 56.9 Å². The molecular weight excluding hydrogens is 709 g/mol. The predicted molar refractivity (Wildman–Crippen MR) is 241 cm³/mol. The van der Waals surface area contributed by atoms with E-state index in [4.69, 9.17) is 0 Å². The first kappa shape index (κ1) is 35.0. The highest BCUT2D eigenvalue weighted by molar-refractivity contribution is 6.27. The van der Waals surface area contributed by atoms with Gasteiger partial charge in [0.15, 0.2) is 0 Å². The molecule has 0 atom stereocenters. The molecule has 0 aliphatic heterocycles. The van der Waals surface area contributed by atoms with Crippen LogP contribution in [0.15, 0.2) is 170 Å². The van der Waals surface area contributed by atoms with E-state index in [2.05, 4.69) is 151 Å². The minimum absolute atomic E-state index is 0.982. The van der Waals surface area contributed by atoms with Crippen LogP contribution < -0.4 is 9.80 Å². The van der Waals surface area contributed by atoms with Crippen LogP contribution in [-0.4, -0.2) is 19.9 Å². The highest BCUT2D eigenvalue weighted by atomic mass is 15.2. The van der Waals surface area contributed by atoms with Gasteiger partial charge in [-0.3, -0.25) is 19.9 Å². The molecule has 58 heavy (non-hydrogen) atoms. The zero-order valence-electron chi connectivity index (χ0n) is 32.8. The molecule has 0 saturated heterocycles. The molecule has 4 aromatic heterocycles. The number of aromatic nitrogens is 4. The maximum Gasteiger partial charge on any atom is 0.0645 e. The third kappa shape index (κ3) is 6.25. The summed E-state index contributed by atoms with van der Waals surface area (Å²) in [5.74, 6) is 0. The largest absolute Gasteiger partial charge is 0.307 e. The Morgan fingerprint density at radius 3 is 0.879 bits per heavy atom. The lowest BCUT2D eigenvalue weighted by molar-refractivity contribution is 1.14. The monoisotopic (exact) mass is 748 g/mol.